The summed E-state index contributed by atoms with van der Waals surface area (Å²) in [6, 6.07) is 0.649. The molecule has 1 rings (SSSR count). The topological polar surface area (TPSA) is 82.0 Å². The molecule has 0 fully saturated rings. The average molecular weight is 238 g/mol. The minimum absolute atomic E-state index is 0.110. The molecule has 15 heavy (non-hydrogen) atoms. The largest absolute Gasteiger partial charge is 0.392 e. The van der Waals surface area contributed by atoms with Crippen LogP contribution in [0.3, 0.4) is 0 Å². The molecule has 0 aliphatic rings. The number of aromatic nitrogens is 1. The van der Waals surface area contributed by atoms with Gasteiger partial charge in [-0.3, -0.25) is 10.1 Å². The molecule has 0 aliphatic carbocycles. The third-order valence-electron chi connectivity index (χ3n) is 1.68. The Hall–Kier alpha value is -1.50. The molecule has 1 aromatic heterocycles. The van der Waals surface area contributed by atoms with Crippen LogP contribution in [0.25, 0.3) is 0 Å². The first kappa shape index (κ1) is 11.6. The van der Waals surface area contributed by atoms with E-state index in [0.717, 1.165) is 0 Å². The Morgan fingerprint density at radius 1 is 1.67 bits per heavy atom. The second-order valence-corrected chi connectivity index (χ2v) is 2.89. The lowest BCUT2D eigenvalue weighted by Crippen LogP contribution is -2.05. The minimum Gasteiger partial charge on any atom is -0.392 e. The predicted molar refractivity (Wildman–Crippen MR) is 49.8 cm³/mol. The third kappa shape index (κ3) is 2.30. The van der Waals surface area contributed by atoms with E-state index >= 15 is 0 Å². The number of alkyl halides is 3. The van der Waals surface area contributed by atoms with E-state index in [0.29, 0.717) is 6.07 Å². The van der Waals surface area contributed by atoms with Gasteiger partial charge in [-0.25, -0.2) is 13.8 Å². The van der Waals surface area contributed by atoms with Gasteiger partial charge in [-0.1, -0.05) is 0 Å². The van der Waals surface area contributed by atoms with Gasteiger partial charge in [-0.15, -0.1) is 11.6 Å². The number of nitrogens with two attached hydrogens (primary N) is 1. The van der Waals surface area contributed by atoms with Crippen molar-refractivity contribution in [2.24, 2.45) is 0 Å². The van der Waals surface area contributed by atoms with Crippen LogP contribution in [-0.2, 0) is 5.88 Å². The molecule has 2 N–H and O–H groups in total. The maximum atomic E-state index is 12.3. The average Bonchev–Trinajstić information content (AvgIpc) is 2.17. The highest BCUT2D eigenvalue weighted by molar-refractivity contribution is 6.17. The molecule has 1 aromatic rings. The second kappa shape index (κ2) is 4.35. The molecule has 0 amide bonds. The molecule has 0 atom stereocenters. The fraction of sp³-hybridized carbons (Fsp3) is 0.286. The van der Waals surface area contributed by atoms with Crippen LogP contribution in [0.5, 0.6) is 0 Å². The van der Waals surface area contributed by atoms with Crippen molar-refractivity contribution in [1.29, 1.82) is 0 Å². The van der Waals surface area contributed by atoms with Gasteiger partial charge in [-0.2, -0.15) is 0 Å². The van der Waals surface area contributed by atoms with Gasteiger partial charge in [0, 0.05) is 6.07 Å². The summed E-state index contributed by atoms with van der Waals surface area (Å²) in [5.74, 6) is -0.257. The lowest BCUT2D eigenvalue weighted by atomic mass is 10.2. The van der Waals surface area contributed by atoms with Crippen LogP contribution < -0.4 is 5.73 Å². The van der Waals surface area contributed by atoms with Gasteiger partial charge in [-0.05, 0) is 0 Å². The van der Waals surface area contributed by atoms with Crippen molar-refractivity contribution < 1.29 is 13.7 Å². The number of pyridine rings is 1. The van der Waals surface area contributed by atoms with Gasteiger partial charge in [0.2, 0.25) is 0 Å². The van der Waals surface area contributed by atoms with Gasteiger partial charge < -0.3 is 5.73 Å². The molecule has 0 saturated heterocycles. The summed E-state index contributed by atoms with van der Waals surface area (Å²) in [6.45, 7) is 0. The van der Waals surface area contributed by atoms with Gasteiger partial charge >= 0.3 is 0 Å². The molecule has 0 unspecified atom stereocenters. The van der Waals surface area contributed by atoms with E-state index in [1.54, 1.807) is 0 Å². The van der Waals surface area contributed by atoms with E-state index in [2.05, 4.69) is 4.98 Å². The van der Waals surface area contributed by atoms with Gasteiger partial charge in [0.25, 0.3) is 12.1 Å². The van der Waals surface area contributed by atoms with Gasteiger partial charge in [0.05, 0.1) is 16.5 Å². The summed E-state index contributed by atoms with van der Waals surface area (Å²) < 4.78 is 24.6. The van der Waals surface area contributed by atoms with Crippen molar-refractivity contribution in [1.82, 2.24) is 4.98 Å². The van der Waals surface area contributed by atoms with E-state index in [4.69, 9.17) is 17.3 Å². The van der Waals surface area contributed by atoms with Crippen LogP contribution in [0, 0.1) is 10.1 Å². The predicted octanol–water partition coefficient (Wildman–Crippen LogP) is 2.25. The second-order valence-electron chi connectivity index (χ2n) is 2.62. The van der Waals surface area contributed by atoms with Crippen LogP contribution in [0.4, 0.5) is 20.2 Å². The molecule has 0 aromatic carbocycles. The normalized spacial score (nSPS) is 10.7. The molecule has 0 bridgehead atoms. The van der Waals surface area contributed by atoms with Crippen molar-refractivity contribution in [2.45, 2.75) is 12.3 Å². The minimum atomic E-state index is -2.90. The van der Waals surface area contributed by atoms with Gasteiger partial charge in [0.15, 0.2) is 0 Å². The summed E-state index contributed by atoms with van der Waals surface area (Å²) >= 11 is 5.38. The Kier molecular flexibility index (Phi) is 3.35. The zero-order valence-electron chi connectivity index (χ0n) is 7.28. The summed E-state index contributed by atoms with van der Waals surface area (Å²) in [4.78, 5) is 13.0. The van der Waals surface area contributed by atoms with Crippen molar-refractivity contribution in [2.75, 3.05) is 5.73 Å². The lowest BCUT2D eigenvalue weighted by molar-refractivity contribution is -0.384. The summed E-state index contributed by atoms with van der Waals surface area (Å²) in [6.07, 6.45) is -2.90. The highest BCUT2D eigenvalue weighted by Crippen LogP contribution is 2.29. The zero-order valence-corrected chi connectivity index (χ0v) is 8.04. The lowest BCUT2D eigenvalue weighted by Gasteiger charge is -2.05. The number of nitrogen functional groups attached to an aromatic ring is 1. The van der Waals surface area contributed by atoms with Crippen molar-refractivity contribution >= 4 is 23.0 Å². The van der Waals surface area contributed by atoms with E-state index in [1.165, 1.54) is 0 Å². The van der Waals surface area contributed by atoms with Crippen molar-refractivity contribution in [3.63, 3.8) is 0 Å². The Morgan fingerprint density at radius 3 is 2.67 bits per heavy atom. The van der Waals surface area contributed by atoms with Crippen LogP contribution in [-0.4, -0.2) is 9.91 Å². The summed E-state index contributed by atoms with van der Waals surface area (Å²) in [7, 11) is 0. The first-order chi connectivity index (χ1) is 6.97. The number of hydrogen-bond acceptors (Lipinski definition) is 4. The van der Waals surface area contributed by atoms with Crippen LogP contribution in [0.1, 0.15) is 17.8 Å². The molecule has 82 valence electrons. The fourth-order valence-corrected chi connectivity index (χ4v) is 1.18. The van der Waals surface area contributed by atoms with Crippen molar-refractivity contribution in [3.8, 4) is 0 Å². The van der Waals surface area contributed by atoms with Crippen LogP contribution in [0.15, 0.2) is 6.07 Å². The number of hydrogen-bond donors (Lipinski definition) is 1. The Balaban J connectivity index is 3.38. The Morgan fingerprint density at radius 2 is 2.27 bits per heavy atom. The van der Waals surface area contributed by atoms with Crippen LogP contribution in [0.2, 0.25) is 0 Å². The van der Waals surface area contributed by atoms with E-state index < -0.39 is 22.7 Å². The first-order valence-electron chi connectivity index (χ1n) is 3.75. The van der Waals surface area contributed by atoms with E-state index in [9.17, 15) is 18.9 Å². The molecule has 1 heterocycles. The Bertz CT molecular complexity index is 400. The standard InChI is InChI=1S/C7H6ClF2N3O2/c8-2-4-6(11)5(13(14)15)1-3(12-4)7(9)10/h1,7H,2,11H2. The fourth-order valence-electron chi connectivity index (χ4n) is 0.979. The molecular formula is C7H6ClF2N3O2. The molecule has 5 nitrogen and oxygen atoms in total. The van der Waals surface area contributed by atoms with Gasteiger partial charge in [0.1, 0.15) is 11.4 Å². The first-order valence-corrected chi connectivity index (χ1v) is 4.28. The zero-order chi connectivity index (χ0) is 11.6. The molecule has 0 saturated carbocycles. The molecule has 0 aliphatic heterocycles. The molecular weight excluding hydrogens is 232 g/mol. The smallest absolute Gasteiger partial charge is 0.296 e. The summed E-state index contributed by atoms with van der Waals surface area (Å²) in [5, 5.41) is 10.5. The highest BCUT2D eigenvalue weighted by atomic mass is 35.5. The Labute approximate surface area is 88.0 Å². The maximum Gasteiger partial charge on any atom is 0.296 e. The quantitative estimate of drug-likeness (QED) is 0.497. The number of anilines is 1. The van der Waals surface area contributed by atoms with E-state index in [1.807, 2.05) is 0 Å². The van der Waals surface area contributed by atoms with E-state index in [-0.39, 0.29) is 17.3 Å². The number of rotatable bonds is 3. The SMILES string of the molecule is Nc1c([N+](=O)[O-])cc(C(F)F)nc1CCl. The number of nitrogens with zero attached hydrogens (tertiary/aromatic N) is 2. The summed E-state index contributed by atoms with van der Waals surface area (Å²) in [5.41, 5.74) is 3.64. The molecule has 0 spiro atoms. The maximum absolute atomic E-state index is 12.3. The monoisotopic (exact) mass is 237 g/mol. The third-order valence-corrected chi connectivity index (χ3v) is 1.94. The highest BCUT2D eigenvalue weighted by Gasteiger charge is 2.21. The van der Waals surface area contributed by atoms with Crippen molar-refractivity contribution in [3.05, 3.63) is 27.6 Å². The molecule has 8 heteroatoms. The van der Waals surface area contributed by atoms with Crippen LogP contribution >= 0.6 is 11.6 Å². The number of halogens is 3. The molecule has 0 radical (unpaired) electrons. The number of nitro groups is 1.